The predicted molar refractivity (Wildman–Crippen MR) is 112 cm³/mol. The number of amides is 1. The van der Waals surface area contributed by atoms with Gasteiger partial charge in [-0.3, -0.25) is 4.79 Å². The van der Waals surface area contributed by atoms with E-state index in [0.717, 1.165) is 40.5 Å². The van der Waals surface area contributed by atoms with Gasteiger partial charge in [-0.2, -0.15) is 10.1 Å². The minimum absolute atomic E-state index is 0.0941. The van der Waals surface area contributed by atoms with Gasteiger partial charge in [0.15, 0.2) is 0 Å². The minimum atomic E-state index is -0.138. The first kappa shape index (κ1) is 17.7. The van der Waals surface area contributed by atoms with E-state index in [1.807, 2.05) is 42.2 Å². The van der Waals surface area contributed by atoms with Crippen molar-refractivity contribution in [3.8, 4) is 11.1 Å². The zero-order valence-electron chi connectivity index (χ0n) is 16.4. The van der Waals surface area contributed by atoms with E-state index in [1.54, 1.807) is 6.20 Å². The summed E-state index contributed by atoms with van der Waals surface area (Å²) in [6.45, 7) is 3.95. The molecule has 8 heteroatoms. The molecule has 1 saturated carbocycles. The van der Waals surface area contributed by atoms with E-state index in [2.05, 4.69) is 43.7 Å². The number of fused-ring (bicyclic) bond motifs is 2. The molecule has 1 amide bonds. The summed E-state index contributed by atoms with van der Waals surface area (Å²) in [4.78, 5) is 24.1. The Morgan fingerprint density at radius 2 is 2.24 bits per heavy atom. The van der Waals surface area contributed by atoms with Crippen molar-refractivity contribution in [1.29, 1.82) is 0 Å². The summed E-state index contributed by atoms with van der Waals surface area (Å²) in [6.07, 6.45) is 9.79. The van der Waals surface area contributed by atoms with Crippen molar-refractivity contribution in [2.24, 2.45) is 0 Å². The van der Waals surface area contributed by atoms with Crippen LogP contribution in [-0.4, -0.2) is 42.1 Å². The summed E-state index contributed by atoms with van der Waals surface area (Å²) in [6, 6.07) is 6.37. The van der Waals surface area contributed by atoms with Crippen molar-refractivity contribution in [3.05, 3.63) is 43.0 Å². The van der Waals surface area contributed by atoms with E-state index < -0.39 is 0 Å². The molecule has 4 heterocycles. The van der Waals surface area contributed by atoms with E-state index in [0.29, 0.717) is 12.4 Å². The maximum absolute atomic E-state index is 11.6. The molecule has 0 bridgehead atoms. The number of carbonyl (C=O) groups is 1. The largest absolute Gasteiger partial charge is 0.351 e. The maximum Gasteiger partial charge on any atom is 0.224 e. The molecule has 0 aliphatic heterocycles. The molecule has 1 fully saturated rings. The Bertz CT molecular complexity index is 1200. The number of hydrogen-bond donors (Lipinski definition) is 3. The molecule has 4 aromatic heterocycles. The smallest absolute Gasteiger partial charge is 0.224 e. The van der Waals surface area contributed by atoms with Gasteiger partial charge in [0, 0.05) is 53.7 Å². The zero-order valence-corrected chi connectivity index (χ0v) is 16.4. The van der Waals surface area contributed by atoms with Crippen LogP contribution < -0.4 is 10.6 Å². The second-order valence-electron chi connectivity index (χ2n) is 7.99. The van der Waals surface area contributed by atoms with Crippen molar-refractivity contribution in [2.45, 2.75) is 44.7 Å². The summed E-state index contributed by atoms with van der Waals surface area (Å²) >= 11 is 0. The van der Waals surface area contributed by atoms with Gasteiger partial charge < -0.3 is 15.6 Å². The Hall–Kier alpha value is -3.42. The van der Waals surface area contributed by atoms with Gasteiger partial charge in [-0.15, -0.1) is 0 Å². The lowest BCUT2D eigenvalue weighted by Crippen LogP contribution is -2.59. The van der Waals surface area contributed by atoms with Gasteiger partial charge in [0.05, 0.1) is 5.52 Å². The van der Waals surface area contributed by atoms with Crippen LogP contribution >= 0.6 is 0 Å². The lowest BCUT2D eigenvalue weighted by molar-refractivity contribution is -0.123. The van der Waals surface area contributed by atoms with E-state index in [-0.39, 0.29) is 17.5 Å². The number of aromatic nitrogens is 5. The Morgan fingerprint density at radius 3 is 3.07 bits per heavy atom. The monoisotopic (exact) mass is 389 g/mol. The van der Waals surface area contributed by atoms with Crippen LogP contribution in [-0.2, 0) is 4.79 Å². The lowest BCUT2D eigenvalue weighted by Gasteiger charge is -2.45. The lowest BCUT2D eigenvalue weighted by atomic mass is 9.74. The Morgan fingerprint density at radius 1 is 1.38 bits per heavy atom. The van der Waals surface area contributed by atoms with E-state index in [9.17, 15) is 4.79 Å². The van der Waals surface area contributed by atoms with Crippen LogP contribution in [0.25, 0.3) is 27.7 Å². The molecule has 0 atom stereocenters. The molecule has 0 saturated heterocycles. The van der Waals surface area contributed by atoms with Crippen LogP contribution in [0.1, 0.15) is 33.1 Å². The molecular weight excluding hydrogens is 366 g/mol. The molecule has 8 nitrogen and oxygen atoms in total. The number of rotatable bonds is 5. The summed E-state index contributed by atoms with van der Waals surface area (Å²) in [5.41, 5.74) is 3.86. The molecule has 0 radical (unpaired) electrons. The third-order valence-electron chi connectivity index (χ3n) is 5.63. The van der Waals surface area contributed by atoms with Crippen LogP contribution in [0.3, 0.4) is 0 Å². The number of pyridine rings is 1. The topological polar surface area (TPSA) is 100 Å². The van der Waals surface area contributed by atoms with Gasteiger partial charge in [0.1, 0.15) is 5.65 Å². The maximum atomic E-state index is 11.6. The molecule has 4 aromatic rings. The van der Waals surface area contributed by atoms with Crippen molar-refractivity contribution >= 4 is 28.4 Å². The number of nitrogens with zero attached hydrogens (tertiary/aromatic N) is 4. The quantitative estimate of drug-likeness (QED) is 0.487. The fraction of sp³-hybridized carbons (Fsp3) is 0.333. The van der Waals surface area contributed by atoms with Crippen molar-refractivity contribution in [2.75, 3.05) is 5.32 Å². The van der Waals surface area contributed by atoms with Crippen molar-refractivity contribution < 1.29 is 4.79 Å². The Kier molecular flexibility index (Phi) is 4.01. The average Bonchev–Trinajstić information content (AvgIpc) is 3.32. The highest BCUT2D eigenvalue weighted by Crippen LogP contribution is 2.34. The highest BCUT2D eigenvalue weighted by atomic mass is 16.1. The Balaban J connectivity index is 1.33. The number of carbonyl (C=O) groups excluding carboxylic acids is 1. The fourth-order valence-corrected chi connectivity index (χ4v) is 4.14. The minimum Gasteiger partial charge on any atom is -0.351 e. The van der Waals surface area contributed by atoms with E-state index >= 15 is 0 Å². The summed E-state index contributed by atoms with van der Waals surface area (Å²) in [5.74, 6) is 0.697. The Labute approximate surface area is 167 Å². The normalized spacial score (nSPS) is 21.2. The number of H-pyrrole nitrogens is 1. The molecule has 1 aliphatic carbocycles. The SMILES string of the molecule is CCC(=O)N[C@]1(C)C[C@@H](Nc2ncc3c(-c4ccn5nccc5c4)c[nH]c3n2)C1. The van der Waals surface area contributed by atoms with Crippen LogP contribution in [0.15, 0.2) is 43.0 Å². The standard InChI is InChI=1S/C21H23N7O/c1-3-18(29)27-21(2)9-14(10-21)25-20-23-12-17-16(11-22-19(17)26-20)13-5-7-28-15(8-13)4-6-24-28/h4-8,11-12,14H,3,9-10H2,1-2H3,(H,27,29)(H2,22,23,25,26)/t14-,21-. The second-order valence-corrected chi connectivity index (χ2v) is 7.99. The van der Waals surface area contributed by atoms with Crippen molar-refractivity contribution in [3.63, 3.8) is 0 Å². The summed E-state index contributed by atoms with van der Waals surface area (Å²) in [7, 11) is 0. The summed E-state index contributed by atoms with van der Waals surface area (Å²) < 4.78 is 1.84. The van der Waals surface area contributed by atoms with Gasteiger partial charge >= 0.3 is 0 Å². The van der Waals surface area contributed by atoms with Crippen LogP contribution in [0.4, 0.5) is 5.95 Å². The van der Waals surface area contributed by atoms with E-state index in [1.165, 1.54) is 0 Å². The first-order valence-electron chi connectivity index (χ1n) is 9.88. The molecular formula is C21H23N7O. The number of hydrogen-bond acceptors (Lipinski definition) is 5. The van der Waals surface area contributed by atoms with Gasteiger partial charge in [-0.05, 0) is 43.5 Å². The van der Waals surface area contributed by atoms with Crippen LogP contribution in [0.5, 0.6) is 0 Å². The van der Waals surface area contributed by atoms with Gasteiger partial charge in [0.2, 0.25) is 11.9 Å². The van der Waals surface area contributed by atoms with Crippen LogP contribution in [0.2, 0.25) is 0 Å². The molecule has 0 spiro atoms. The molecule has 0 aromatic carbocycles. The second kappa shape index (κ2) is 6.58. The highest BCUT2D eigenvalue weighted by molar-refractivity contribution is 5.94. The van der Waals surface area contributed by atoms with Crippen LogP contribution in [0, 0.1) is 0 Å². The molecule has 29 heavy (non-hydrogen) atoms. The third-order valence-corrected chi connectivity index (χ3v) is 5.63. The highest BCUT2D eigenvalue weighted by Gasteiger charge is 2.41. The summed E-state index contributed by atoms with van der Waals surface area (Å²) in [5, 5.41) is 11.7. The number of nitrogens with one attached hydrogen (secondary N) is 3. The zero-order chi connectivity index (χ0) is 20.0. The molecule has 148 valence electrons. The predicted octanol–water partition coefficient (Wildman–Crippen LogP) is 3.13. The fourth-order valence-electron chi connectivity index (χ4n) is 4.14. The van der Waals surface area contributed by atoms with Gasteiger partial charge in [-0.25, -0.2) is 9.50 Å². The first-order chi connectivity index (χ1) is 14.0. The molecule has 1 aliphatic rings. The molecule has 3 N–H and O–H groups in total. The molecule has 5 rings (SSSR count). The average molecular weight is 389 g/mol. The first-order valence-corrected chi connectivity index (χ1v) is 9.88. The van der Waals surface area contributed by atoms with Gasteiger partial charge in [-0.1, -0.05) is 6.92 Å². The third kappa shape index (κ3) is 3.20. The number of aromatic amines is 1. The number of anilines is 1. The molecule has 0 unspecified atom stereocenters. The van der Waals surface area contributed by atoms with Crippen molar-refractivity contribution in [1.82, 2.24) is 29.9 Å². The van der Waals surface area contributed by atoms with Gasteiger partial charge in [0.25, 0.3) is 0 Å². The van der Waals surface area contributed by atoms with E-state index in [4.69, 9.17) is 0 Å².